The van der Waals surface area contributed by atoms with E-state index in [-0.39, 0.29) is 0 Å². The quantitative estimate of drug-likeness (QED) is 0.104. The van der Waals surface area contributed by atoms with Crippen LogP contribution in [0.5, 0.6) is 0 Å². The van der Waals surface area contributed by atoms with Crippen molar-refractivity contribution >= 4 is 56.3 Å². The Morgan fingerprint density at radius 2 is 1.12 bits per heavy atom. The van der Waals surface area contributed by atoms with Gasteiger partial charge in [0.25, 0.3) is 0 Å². The molecule has 0 radical (unpaired) electrons. The van der Waals surface area contributed by atoms with E-state index in [0.29, 0.717) is 11.3 Å². The summed E-state index contributed by atoms with van der Waals surface area (Å²) in [4.78, 5) is 3.69. The van der Waals surface area contributed by atoms with Gasteiger partial charge in [0.15, 0.2) is 13.8 Å². The highest BCUT2D eigenvalue weighted by Crippen LogP contribution is 2.35. The molecule has 1 aromatic heterocycles. The number of benzene rings is 7. The maximum Gasteiger partial charge on any atom is 0.188 e. The lowest BCUT2D eigenvalue weighted by Gasteiger charge is -2.36. The molecule has 0 aliphatic carbocycles. The van der Waals surface area contributed by atoms with Crippen LogP contribution in [0.1, 0.15) is 5.56 Å². The van der Waals surface area contributed by atoms with Crippen LogP contribution in [-0.2, 0) is 0 Å². The summed E-state index contributed by atoms with van der Waals surface area (Å²) in [6.07, 6.45) is 0. The number of nitriles is 1. The topological polar surface area (TPSA) is 33.1 Å². The maximum atomic E-state index is 9.65. The monoisotopic (exact) mass is 627 g/mol. The summed E-state index contributed by atoms with van der Waals surface area (Å²) in [5.74, 6) is 0. The Labute approximate surface area is 281 Å². The summed E-state index contributed by atoms with van der Waals surface area (Å²) in [7, 11) is -2.85. The highest BCUT2D eigenvalue weighted by Gasteiger charge is 2.42. The van der Waals surface area contributed by atoms with Gasteiger partial charge in [0.2, 0.25) is 0 Å². The molecule has 0 N–H and O–H groups in total. The molecule has 1 heterocycles. The summed E-state index contributed by atoms with van der Waals surface area (Å²) in [5, 5.41) is 17.0. The second kappa shape index (κ2) is 12.0. The lowest BCUT2D eigenvalue weighted by atomic mass is 10.1. The molecule has 0 aliphatic rings. The summed E-state index contributed by atoms with van der Waals surface area (Å²) in [6.45, 7) is 7.56. The molecule has 3 nitrogen and oxygen atoms in total. The van der Waals surface area contributed by atoms with E-state index in [1.165, 1.54) is 26.3 Å². The van der Waals surface area contributed by atoms with Crippen molar-refractivity contribution in [2.24, 2.45) is 0 Å². The lowest BCUT2D eigenvalue weighted by molar-refractivity contribution is 1.18. The number of fused-ring (bicyclic) bond motifs is 3. The molecule has 0 spiro atoms. The third kappa shape index (κ3) is 4.64. The van der Waals surface area contributed by atoms with Crippen LogP contribution < -0.4 is 20.7 Å². The van der Waals surface area contributed by atoms with Crippen LogP contribution in [0.2, 0.25) is 0 Å². The third-order valence-corrected chi connectivity index (χ3v) is 14.3. The van der Waals surface area contributed by atoms with Crippen LogP contribution in [0.4, 0.5) is 5.69 Å². The SMILES string of the molecule is [C-]#[N+]c1ccc2c(c1)c1ccccc1n2-c1ccc(-c2ccccc2[Si](c2ccccc2)(c2ccccc2)c2ccc(C#N)cc2)cc1. The van der Waals surface area contributed by atoms with Crippen molar-refractivity contribution in [1.82, 2.24) is 4.57 Å². The van der Waals surface area contributed by atoms with Gasteiger partial charge >= 0.3 is 0 Å². The van der Waals surface area contributed by atoms with Crippen LogP contribution >= 0.6 is 0 Å². The van der Waals surface area contributed by atoms with Gasteiger partial charge in [-0.3, -0.25) is 0 Å². The van der Waals surface area contributed by atoms with Gasteiger partial charge < -0.3 is 4.57 Å². The molecule has 224 valence electrons. The molecule has 0 unspecified atom stereocenters. The second-order valence-corrected chi connectivity index (χ2v) is 15.7. The highest BCUT2D eigenvalue weighted by molar-refractivity contribution is 7.20. The van der Waals surface area contributed by atoms with Crippen molar-refractivity contribution in [3.05, 3.63) is 193 Å². The smallest absolute Gasteiger partial charge is 0.188 e. The van der Waals surface area contributed by atoms with Crippen molar-refractivity contribution in [2.45, 2.75) is 0 Å². The van der Waals surface area contributed by atoms with Gasteiger partial charge in [-0.1, -0.05) is 133 Å². The van der Waals surface area contributed by atoms with Gasteiger partial charge in [-0.2, -0.15) is 5.26 Å². The predicted molar refractivity (Wildman–Crippen MR) is 201 cm³/mol. The fraction of sp³-hybridized carbons (Fsp3) is 0. The number of aromatic nitrogens is 1. The van der Waals surface area contributed by atoms with Gasteiger partial charge in [-0.05, 0) is 79.7 Å². The molecular weight excluding hydrogens is 599 g/mol. The molecule has 0 amide bonds. The van der Waals surface area contributed by atoms with Crippen LogP contribution in [-0.4, -0.2) is 12.6 Å². The molecule has 4 heteroatoms. The number of para-hydroxylation sites is 1. The zero-order chi connectivity index (χ0) is 32.5. The van der Waals surface area contributed by atoms with Crippen LogP contribution in [0.25, 0.3) is 43.5 Å². The Hall–Kier alpha value is -6.46. The van der Waals surface area contributed by atoms with E-state index in [1.54, 1.807) is 0 Å². The Morgan fingerprint density at radius 3 is 1.79 bits per heavy atom. The van der Waals surface area contributed by atoms with E-state index in [9.17, 15) is 5.26 Å². The Bertz CT molecular complexity index is 2460. The number of rotatable bonds is 6. The summed E-state index contributed by atoms with van der Waals surface area (Å²) < 4.78 is 2.29. The average molecular weight is 628 g/mol. The fourth-order valence-electron chi connectivity index (χ4n) is 7.30. The predicted octanol–water partition coefficient (Wildman–Crippen LogP) is 8.25. The molecule has 7 aromatic carbocycles. The first-order chi connectivity index (χ1) is 23.7. The highest BCUT2D eigenvalue weighted by atomic mass is 28.3. The summed E-state index contributed by atoms with van der Waals surface area (Å²) in [6, 6.07) is 64.3. The van der Waals surface area contributed by atoms with Crippen LogP contribution in [0, 0.1) is 17.9 Å². The zero-order valence-corrected chi connectivity index (χ0v) is 27.1. The minimum absolute atomic E-state index is 0.643. The van der Waals surface area contributed by atoms with E-state index in [1.807, 2.05) is 24.3 Å². The van der Waals surface area contributed by atoms with E-state index in [2.05, 4.69) is 167 Å². The van der Waals surface area contributed by atoms with Gasteiger partial charge in [0, 0.05) is 11.1 Å². The van der Waals surface area contributed by atoms with Gasteiger partial charge in [0.05, 0.1) is 29.2 Å². The zero-order valence-electron chi connectivity index (χ0n) is 26.1. The first kappa shape index (κ1) is 29.0. The lowest BCUT2D eigenvalue weighted by Crippen LogP contribution is -2.75. The van der Waals surface area contributed by atoms with E-state index in [4.69, 9.17) is 6.57 Å². The number of hydrogen-bond donors (Lipinski definition) is 0. The van der Waals surface area contributed by atoms with E-state index >= 15 is 0 Å². The van der Waals surface area contributed by atoms with Crippen LogP contribution in [0.3, 0.4) is 0 Å². The van der Waals surface area contributed by atoms with Crippen molar-refractivity contribution < 1.29 is 0 Å². The van der Waals surface area contributed by atoms with E-state index < -0.39 is 8.07 Å². The van der Waals surface area contributed by atoms with Crippen molar-refractivity contribution in [1.29, 1.82) is 5.26 Å². The Kier molecular flexibility index (Phi) is 7.27. The minimum Gasteiger partial charge on any atom is -0.309 e. The largest absolute Gasteiger partial charge is 0.309 e. The van der Waals surface area contributed by atoms with Gasteiger partial charge in [-0.25, -0.2) is 4.85 Å². The van der Waals surface area contributed by atoms with Crippen molar-refractivity contribution in [2.75, 3.05) is 0 Å². The molecular formula is C44H29N3Si. The molecule has 8 aromatic rings. The number of hydrogen-bond acceptors (Lipinski definition) is 1. The Morgan fingerprint density at radius 1 is 0.542 bits per heavy atom. The minimum atomic E-state index is -2.85. The van der Waals surface area contributed by atoms with Gasteiger partial charge in [-0.15, -0.1) is 0 Å². The fourth-order valence-corrected chi connectivity index (χ4v) is 12.3. The molecule has 0 aliphatic heterocycles. The van der Waals surface area contributed by atoms with E-state index in [0.717, 1.165) is 33.1 Å². The molecule has 0 saturated heterocycles. The molecule has 48 heavy (non-hydrogen) atoms. The van der Waals surface area contributed by atoms with Gasteiger partial charge in [0.1, 0.15) is 0 Å². The first-order valence-electron chi connectivity index (χ1n) is 15.9. The summed E-state index contributed by atoms with van der Waals surface area (Å²) in [5.41, 5.74) is 6.89. The molecule has 0 bridgehead atoms. The van der Waals surface area contributed by atoms with Crippen molar-refractivity contribution in [3.8, 4) is 22.9 Å². The standard InChI is InChI=1S/C44H29N3Si/c1-46-34-24-29-43-41(30-34)40-17-8-10-18-42(40)47(43)35-25-22-33(23-26-35)39-16-9-11-19-44(39)48(36-12-4-2-5-13-36,37-14-6-3-7-15-37)38-27-20-32(31-45)21-28-38/h2-30H. The maximum absolute atomic E-state index is 9.65. The van der Waals surface area contributed by atoms with Crippen molar-refractivity contribution in [3.63, 3.8) is 0 Å². The Balaban J connectivity index is 1.35. The molecule has 0 saturated carbocycles. The second-order valence-electron chi connectivity index (χ2n) is 11.9. The average Bonchev–Trinajstić information content (AvgIpc) is 3.50. The molecule has 8 rings (SSSR count). The number of nitrogens with zero attached hydrogens (tertiary/aromatic N) is 3. The third-order valence-electron chi connectivity index (χ3n) is 9.41. The van der Waals surface area contributed by atoms with Crippen LogP contribution in [0.15, 0.2) is 176 Å². The molecule has 0 atom stereocenters. The summed E-state index contributed by atoms with van der Waals surface area (Å²) >= 11 is 0. The molecule has 0 fully saturated rings. The first-order valence-corrected chi connectivity index (χ1v) is 17.9. The normalized spacial score (nSPS) is 11.3.